The zero-order valence-corrected chi connectivity index (χ0v) is 10.8. The molecule has 1 aromatic carbocycles. The summed E-state index contributed by atoms with van der Waals surface area (Å²) in [5, 5.41) is 8.15. The molecule has 0 aliphatic heterocycles. The highest BCUT2D eigenvalue weighted by Crippen LogP contribution is 2.26. The van der Waals surface area contributed by atoms with Gasteiger partial charge in [-0.25, -0.2) is 0 Å². The molecule has 3 rings (SSSR count). The van der Waals surface area contributed by atoms with E-state index in [0.717, 1.165) is 22.1 Å². The van der Waals surface area contributed by atoms with Crippen LogP contribution in [-0.2, 0) is 6.54 Å². The summed E-state index contributed by atoms with van der Waals surface area (Å²) in [6, 6.07) is 6.28. The number of aromatic amines is 1. The topological polar surface area (TPSA) is 46.5 Å². The van der Waals surface area contributed by atoms with E-state index in [4.69, 9.17) is 12.2 Å². The van der Waals surface area contributed by atoms with Gasteiger partial charge in [0.2, 0.25) is 4.77 Å². The maximum absolute atomic E-state index is 5.05. The molecule has 0 unspecified atom stereocenters. The van der Waals surface area contributed by atoms with Crippen LogP contribution >= 0.6 is 12.2 Å². The average Bonchev–Trinajstić information content (AvgIpc) is 2.63. The van der Waals surface area contributed by atoms with E-state index >= 15 is 0 Å². The van der Waals surface area contributed by atoms with Crippen LogP contribution < -0.4 is 0 Å². The van der Waals surface area contributed by atoms with Gasteiger partial charge in [-0.1, -0.05) is 17.7 Å². The minimum absolute atomic E-state index is 0.396. The largest absolute Gasteiger partial charge is 0.320 e. The molecule has 4 nitrogen and oxygen atoms in total. The van der Waals surface area contributed by atoms with Gasteiger partial charge in [0.15, 0.2) is 5.65 Å². The molecule has 0 fully saturated rings. The van der Waals surface area contributed by atoms with Crippen molar-refractivity contribution in [3.8, 4) is 0 Å². The van der Waals surface area contributed by atoms with Crippen LogP contribution in [0, 0.1) is 11.7 Å². The van der Waals surface area contributed by atoms with Crippen LogP contribution in [0.1, 0.15) is 5.56 Å². The van der Waals surface area contributed by atoms with Crippen molar-refractivity contribution >= 4 is 34.3 Å². The van der Waals surface area contributed by atoms with Crippen molar-refractivity contribution in [2.45, 2.75) is 13.5 Å². The summed E-state index contributed by atoms with van der Waals surface area (Å²) in [5.41, 5.74) is 3.96. The molecule has 0 spiro atoms. The molecular weight excluding hydrogens is 244 g/mol. The predicted octanol–water partition coefficient (Wildman–Crippen LogP) is 3.14. The van der Waals surface area contributed by atoms with Crippen LogP contribution in [0.5, 0.6) is 0 Å². The van der Waals surface area contributed by atoms with Gasteiger partial charge in [0.05, 0.1) is 5.52 Å². The molecule has 0 saturated carbocycles. The second-order valence-electron chi connectivity index (χ2n) is 4.23. The number of fused-ring (bicyclic) bond motifs is 3. The molecule has 0 atom stereocenters. The number of aryl methyl sites for hydroxylation is 1. The Bertz CT molecular complexity index is 813. The first-order chi connectivity index (χ1) is 8.70. The first-order valence-corrected chi connectivity index (χ1v) is 6.07. The van der Waals surface area contributed by atoms with E-state index in [2.05, 4.69) is 51.5 Å². The molecule has 3 aromatic rings. The van der Waals surface area contributed by atoms with Crippen LogP contribution in [-0.4, -0.2) is 19.7 Å². The highest BCUT2D eigenvalue weighted by atomic mass is 32.1. The van der Waals surface area contributed by atoms with Gasteiger partial charge in [-0.2, -0.15) is 10.1 Å². The molecule has 0 bridgehead atoms. The van der Waals surface area contributed by atoms with Gasteiger partial charge >= 0.3 is 0 Å². The van der Waals surface area contributed by atoms with Crippen molar-refractivity contribution in [1.29, 1.82) is 0 Å². The Balaban J connectivity index is 2.55. The normalized spacial score (nSPS) is 11.2. The molecule has 1 N–H and O–H groups in total. The monoisotopic (exact) mass is 256 g/mol. The number of aromatic nitrogens is 4. The number of hydrogen-bond donors (Lipinski definition) is 1. The van der Waals surface area contributed by atoms with E-state index in [9.17, 15) is 0 Å². The van der Waals surface area contributed by atoms with E-state index in [1.807, 2.05) is 6.08 Å². The predicted molar refractivity (Wildman–Crippen MR) is 75.2 cm³/mol. The summed E-state index contributed by atoms with van der Waals surface area (Å²) < 4.78 is 2.47. The molecular formula is C13H12N4S. The van der Waals surface area contributed by atoms with E-state index in [0.29, 0.717) is 11.3 Å². The Kier molecular flexibility index (Phi) is 2.48. The minimum atomic E-state index is 0.396. The zero-order chi connectivity index (χ0) is 12.7. The molecule has 0 aliphatic rings. The molecule has 2 aromatic heterocycles. The fourth-order valence-corrected chi connectivity index (χ4v) is 2.33. The molecule has 18 heavy (non-hydrogen) atoms. The summed E-state index contributed by atoms with van der Waals surface area (Å²) in [7, 11) is 0. The average molecular weight is 256 g/mol. The third-order valence-corrected chi connectivity index (χ3v) is 3.13. The van der Waals surface area contributed by atoms with Crippen molar-refractivity contribution in [3.05, 3.63) is 41.2 Å². The lowest BCUT2D eigenvalue weighted by Crippen LogP contribution is -1.97. The lowest BCUT2D eigenvalue weighted by molar-refractivity contribution is 0.870. The van der Waals surface area contributed by atoms with Crippen LogP contribution in [0.2, 0.25) is 0 Å². The Morgan fingerprint density at radius 3 is 3.11 bits per heavy atom. The summed E-state index contributed by atoms with van der Waals surface area (Å²) >= 11 is 5.05. The van der Waals surface area contributed by atoms with Crippen LogP contribution in [0.3, 0.4) is 0 Å². The molecule has 90 valence electrons. The highest BCUT2D eigenvalue weighted by Gasteiger charge is 2.12. The van der Waals surface area contributed by atoms with Crippen molar-refractivity contribution in [3.63, 3.8) is 0 Å². The maximum atomic E-state index is 5.05. The molecule has 0 amide bonds. The van der Waals surface area contributed by atoms with Crippen LogP contribution in [0.25, 0.3) is 22.1 Å². The Morgan fingerprint density at radius 1 is 1.50 bits per heavy atom. The summed E-state index contributed by atoms with van der Waals surface area (Å²) in [6.45, 7) is 6.54. The lowest BCUT2D eigenvalue weighted by Gasteiger charge is -2.01. The first-order valence-electron chi connectivity index (χ1n) is 5.67. The SMILES string of the molecule is C=CCn1c2ccc(C)cc2c2n[nH]c(=S)nc21. The van der Waals surface area contributed by atoms with E-state index in [1.54, 1.807) is 0 Å². The van der Waals surface area contributed by atoms with E-state index < -0.39 is 0 Å². The second kappa shape index (κ2) is 4.03. The smallest absolute Gasteiger partial charge is 0.215 e. The number of H-pyrrole nitrogens is 1. The van der Waals surface area contributed by atoms with Gasteiger partial charge < -0.3 is 4.57 Å². The summed E-state index contributed by atoms with van der Waals surface area (Å²) in [6.07, 6.45) is 1.85. The minimum Gasteiger partial charge on any atom is -0.320 e. The number of nitrogens with zero attached hydrogens (tertiary/aromatic N) is 3. The third-order valence-electron chi connectivity index (χ3n) is 2.95. The van der Waals surface area contributed by atoms with Gasteiger partial charge in [0.1, 0.15) is 5.52 Å². The van der Waals surface area contributed by atoms with Gasteiger partial charge in [0, 0.05) is 11.9 Å². The van der Waals surface area contributed by atoms with Gasteiger partial charge in [-0.15, -0.1) is 6.58 Å². The van der Waals surface area contributed by atoms with Crippen LogP contribution in [0.4, 0.5) is 0 Å². The Labute approximate surface area is 109 Å². The second-order valence-corrected chi connectivity index (χ2v) is 4.62. The fraction of sp³-hybridized carbons (Fsp3) is 0.154. The van der Waals surface area contributed by atoms with Crippen LogP contribution in [0.15, 0.2) is 30.9 Å². The van der Waals surface area contributed by atoms with Crippen molar-refractivity contribution in [2.24, 2.45) is 0 Å². The highest BCUT2D eigenvalue weighted by molar-refractivity contribution is 7.71. The Morgan fingerprint density at radius 2 is 2.33 bits per heavy atom. The number of nitrogens with one attached hydrogen (secondary N) is 1. The van der Waals surface area contributed by atoms with Gasteiger partial charge in [0.25, 0.3) is 0 Å². The lowest BCUT2D eigenvalue weighted by atomic mass is 10.2. The number of rotatable bonds is 2. The maximum Gasteiger partial charge on any atom is 0.215 e. The van der Waals surface area contributed by atoms with E-state index in [1.165, 1.54) is 5.56 Å². The van der Waals surface area contributed by atoms with E-state index in [-0.39, 0.29) is 0 Å². The summed E-state index contributed by atoms with van der Waals surface area (Å²) in [4.78, 5) is 4.37. The fourth-order valence-electron chi connectivity index (χ4n) is 2.20. The molecule has 5 heteroatoms. The first kappa shape index (κ1) is 11.1. The van der Waals surface area contributed by atoms with Crippen molar-refractivity contribution < 1.29 is 0 Å². The standard InChI is InChI=1S/C13H12N4S/c1-3-6-17-10-5-4-8(2)7-9(10)11-12(17)14-13(18)16-15-11/h3-5,7H,1,6H2,2H3,(H,14,16,18). The quantitative estimate of drug-likeness (QED) is 0.566. The summed E-state index contributed by atoms with van der Waals surface area (Å²) in [5.74, 6) is 0. The number of hydrogen-bond acceptors (Lipinski definition) is 3. The number of allylic oxidation sites excluding steroid dienone is 1. The van der Waals surface area contributed by atoms with Gasteiger partial charge in [-0.3, -0.25) is 5.10 Å². The third kappa shape index (κ3) is 1.55. The van der Waals surface area contributed by atoms with Gasteiger partial charge in [-0.05, 0) is 31.3 Å². The molecule has 2 heterocycles. The Hall–Kier alpha value is -2.01. The number of benzene rings is 1. The van der Waals surface area contributed by atoms with Crippen molar-refractivity contribution in [2.75, 3.05) is 0 Å². The molecule has 0 saturated heterocycles. The van der Waals surface area contributed by atoms with Crippen molar-refractivity contribution in [1.82, 2.24) is 19.7 Å². The molecule has 0 aliphatic carbocycles. The zero-order valence-electron chi connectivity index (χ0n) is 9.97. The molecule has 0 radical (unpaired) electrons.